The summed E-state index contributed by atoms with van der Waals surface area (Å²) in [5, 5.41) is 23.0. The smallest absolute Gasteiger partial charge is 0.293 e. The van der Waals surface area contributed by atoms with Crippen molar-refractivity contribution in [3.63, 3.8) is 0 Å². The molecule has 0 radical (unpaired) electrons. The van der Waals surface area contributed by atoms with Crippen LogP contribution in [0.25, 0.3) is 0 Å². The molecule has 0 aromatic heterocycles. The molecule has 0 fully saturated rings. The highest BCUT2D eigenvalue weighted by atomic mass is 35.5. The zero-order chi connectivity index (χ0) is 12.8. The van der Waals surface area contributed by atoms with Gasteiger partial charge in [-0.3, -0.25) is 10.1 Å². The van der Waals surface area contributed by atoms with Crippen LogP contribution in [-0.4, -0.2) is 36.4 Å². The Kier molecular flexibility index (Phi) is 5.14. The van der Waals surface area contributed by atoms with Gasteiger partial charge >= 0.3 is 0 Å². The molecule has 0 saturated carbocycles. The Morgan fingerprint density at radius 1 is 1.65 bits per heavy atom. The van der Waals surface area contributed by atoms with Gasteiger partial charge in [0.15, 0.2) is 0 Å². The van der Waals surface area contributed by atoms with Crippen molar-refractivity contribution in [1.29, 1.82) is 0 Å². The topological polar surface area (TPSA) is 84.6 Å². The van der Waals surface area contributed by atoms with Crippen LogP contribution < -0.4 is 5.32 Å². The van der Waals surface area contributed by atoms with Crippen molar-refractivity contribution >= 4 is 23.0 Å². The third kappa shape index (κ3) is 3.85. The molecule has 17 heavy (non-hydrogen) atoms. The first kappa shape index (κ1) is 13.7. The second-order valence-electron chi connectivity index (χ2n) is 3.40. The number of hydrogen-bond acceptors (Lipinski definition) is 5. The van der Waals surface area contributed by atoms with E-state index in [9.17, 15) is 10.1 Å². The molecule has 7 heteroatoms. The van der Waals surface area contributed by atoms with Crippen molar-refractivity contribution < 1.29 is 14.8 Å². The van der Waals surface area contributed by atoms with Crippen LogP contribution in [0.15, 0.2) is 18.2 Å². The van der Waals surface area contributed by atoms with Gasteiger partial charge in [0.25, 0.3) is 5.69 Å². The SMILES string of the molecule is COCC(CO)Nc1ccc(Cl)cc1[N+](=O)[O-]. The molecule has 1 atom stereocenters. The fraction of sp³-hybridized carbons (Fsp3) is 0.400. The zero-order valence-corrected chi connectivity index (χ0v) is 9.98. The van der Waals surface area contributed by atoms with Crippen LogP contribution in [0.4, 0.5) is 11.4 Å². The maximum absolute atomic E-state index is 10.8. The lowest BCUT2D eigenvalue weighted by Gasteiger charge is -2.16. The molecule has 0 aliphatic rings. The Hall–Kier alpha value is -1.37. The maximum Gasteiger partial charge on any atom is 0.293 e. The zero-order valence-electron chi connectivity index (χ0n) is 9.22. The number of nitrogens with zero attached hydrogens (tertiary/aromatic N) is 1. The van der Waals surface area contributed by atoms with Crippen LogP contribution in [0.1, 0.15) is 0 Å². The van der Waals surface area contributed by atoms with Gasteiger partial charge in [0.05, 0.1) is 24.2 Å². The molecule has 1 aromatic carbocycles. The van der Waals surface area contributed by atoms with Gasteiger partial charge in [-0.05, 0) is 12.1 Å². The van der Waals surface area contributed by atoms with E-state index in [0.29, 0.717) is 5.69 Å². The number of benzene rings is 1. The van der Waals surface area contributed by atoms with Crippen molar-refractivity contribution in [3.05, 3.63) is 33.3 Å². The van der Waals surface area contributed by atoms with Gasteiger partial charge in [0.1, 0.15) is 5.69 Å². The van der Waals surface area contributed by atoms with Gasteiger partial charge in [-0.25, -0.2) is 0 Å². The monoisotopic (exact) mass is 260 g/mol. The maximum atomic E-state index is 10.8. The van der Waals surface area contributed by atoms with Crippen LogP contribution in [0.5, 0.6) is 0 Å². The van der Waals surface area contributed by atoms with Crippen LogP contribution in [-0.2, 0) is 4.74 Å². The Morgan fingerprint density at radius 2 is 2.35 bits per heavy atom. The van der Waals surface area contributed by atoms with Gasteiger partial charge in [0, 0.05) is 18.2 Å². The largest absolute Gasteiger partial charge is 0.394 e. The van der Waals surface area contributed by atoms with Crippen molar-refractivity contribution in [3.8, 4) is 0 Å². The highest BCUT2D eigenvalue weighted by molar-refractivity contribution is 6.30. The van der Waals surface area contributed by atoms with Gasteiger partial charge in [-0.2, -0.15) is 0 Å². The fourth-order valence-corrected chi connectivity index (χ4v) is 1.51. The Bertz CT molecular complexity index is 400. The van der Waals surface area contributed by atoms with Gasteiger partial charge in [-0.15, -0.1) is 0 Å². The molecule has 0 aliphatic carbocycles. The number of nitro benzene ring substituents is 1. The third-order valence-electron chi connectivity index (χ3n) is 2.10. The number of methoxy groups -OCH3 is 1. The molecular formula is C10H13ClN2O4. The minimum Gasteiger partial charge on any atom is -0.394 e. The number of nitrogens with one attached hydrogen (secondary N) is 1. The molecule has 0 heterocycles. The molecule has 0 amide bonds. The van der Waals surface area contributed by atoms with E-state index < -0.39 is 11.0 Å². The van der Waals surface area contributed by atoms with E-state index in [4.69, 9.17) is 21.4 Å². The molecule has 1 unspecified atom stereocenters. The van der Waals surface area contributed by atoms with Gasteiger partial charge < -0.3 is 15.2 Å². The molecule has 0 saturated heterocycles. The third-order valence-corrected chi connectivity index (χ3v) is 2.34. The van der Waals surface area contributed by atoms with E-state index in [0.717, 1.165) is 0 Å². The molecule has 1 aromatic rings. The first-order valence-corrected chi connectivity index (χ1v) is 5.26. The van der Waals surface area contributed by atoms with E-state index >= 15 is 0 Å². The summed E-state index contributed by atoms with van der Waals surface area (Å²) in [6, 6.07) is 3.89. The number of rotatable bonds is 6. The molecule has 6 nitrogen and oxygen atoms in total. The Labute approximate surface area is 103 Å². The molecule has 2 N–H and O–H groups in total. The number of halogens is 1. The van der Waals surface area contributed by atoms with Gasteiger partial charge in [0.2, 0.25) is 0 Å². The molecule has 0 aliphatic heterocycles. The lowest BCUT2D eigenvalue weighted by molar-refractivity contribution is -0.384. The minimum atomic E-state index is -0.532. The number of nitro groups is 1. The minimum absolute atomic E-state index is 0.132. The average molecular weight is 261 g/mol. The first-order chi connectivity index (χ1) is 8.08. The summed E-state index contributed by atoms with van der Waals surface area (Å²) in [6.45, 7) is 0.0594. The molecular weight excluding hydrogens is 248 g/mol. The first-order valence-electron chi connectivity index (χ1n) is 4.88. The number of anilines is 1. The predicted octanol–water partition coefficient (Wildman–Crippen LogP) is 1.67. The number of hydrogen-bond donors (Lipinski definition) is 2. The summed E-state index contributed by atoms with van der Waals surface area (Å²) in [6.07, 6.45) is 0. The van der Waals surface area contributed by atoms with Crippen LogP contribution in [0.2, 0.25) is 5.02 Å². The van der Waals surface area contributed by atoms with Crippen LogP contribution in [0.3, 0.4) is 0 Å². The second kappa shape index (κ2) is 6.39. The Balaban J connectivity index is 2.92. The number of ether oxygens (including phenoxy) is 1. The second-order valence-corrected chi connectivity index (χ2v) is 3.83. The summed E-state index contributed by atoms with van der Waals surface area (Å²) < 4.78 is 4.87. The quantitative estimate of drug-likeness (QED) is 0.600. The highest BCUT2D eigenvalue weighted by Crippen LogP contribution is 2.28. The summed E-state index contributed by atoms with van der Waals surface area (Å²) >= 11 is 5.69. The van der Waals surface area contributed by atoms with Crippen molar-refractivity contribution in [2.75, 3.05) is 25.6 Å². The van der Waals surface area contributed by atoms with Crippen LogP contribution in [0, 0.1) is 10.1 Å². The molecule has 0 spiro atoms. The number of aliphatic hydroxyl groups excluding tert-OH is 1. The van der Waals surface area contributed by atoms with E-state index in [2.05, 4.69) is 5.32 Å². The van der Waals surface area contributed by atoms with Gasteiger partial charge in [-0.1, -0.05) is 11.6 Å². The number of aliphatic hydroxyl groups is 1. The lowest BCUT2D eigenvalue weighted by atomic mass is 10.2. The van der Waals surface area contributed by atoms with E-state index in [1.165, 1.54) is 25.3 Å². The highest BCUT2D eigenvalue weighted by Gasteiger charge is 2.17. The fourth-order valence-electron chi connectivity index (χ4n) is 1.34. The summed E-state index contributed by atoms with van der Waals surface area (Å²) in [4.78, 5) is 10.3. The average Bonchev–Trinajstić information content (AvgIpc) is 2.30. The van der Waals surface area contributed by atoms with Crippen molar-refractivity contribution in [2.24, 2.45) is 0 Å². The van der Waals surface area contributed by atoms with E-state index in [-0.39, 0.29) is 23.9 Å². The lowest BCUT2D eigenvalue weighted by Crippen LogP contribution is -2.29. The molecule has 0 bridgehead atoms. The summed E-state index contributed by atoms with van der Waals surface area (Å²) in [5.74, 6) is 0. The van der Waals surface area contributed by atoms with Crippen LogP contribution >= 0.6 is 11.6 Å². The van der Waals surface area contributed by atoms with Crippen molar-refractivity contribution in [2.45, 2.75) is 6.04 Å². The standard InChI is InChI=1S/C10H13ClN2O4/c1-17-6-8(5-14)12-9-3-2-7(11)4-10(9)13(15)16/h2-4,8,12,14H,5-6H2,1H3. The summed E-state index contributed by atoms with van der Waals surface area (Å²) in [5.41, 5.74) is 0.169. The molecule has 1 rings (SSSR count). The normalized spacial score (nSPS) is 12.2. The van der Waals surface area contributed by atoms with E-state index in [1.807, 2.05) is 0 Å². The van der Waals surface area contributed by atoms with Crippen molar-refractivity contribution in [1.82, 2.24) is 0 Å². The molecule has 94 valence electrons. The summed E-state index contributed by atoms with van der Waals surface area (Å²) in [7, 11) is 1.49. The Morgan fingerprint density at radius 3 is 2.88 bits per heavy atom. The van der Waals surface area contributed by atoms with E-state index in [1.54, 1.807) is 0 Å². The predicted molar refractivity (Wildman–Crippen MR) is 64.5 cm³/mol.